The molecule has 0 aliphatic heterocycles. The Morgan fingerprint density at radius 2 is 1.78 bits per heavy atom. The van der Waals surface area contributed by atoms with Crippen molar-refractivity contribution in [2.45, 2.75) is 19.4 Å². The summed E-state index contributed by atoms with van der Waals surface area (Å²) >= 11 is 0. The van der Waals surface area contributed by atoms with Gasteiger partial charge < -0.3 is 19.9 Å². The zero-order chi connectivity index (χ0) is 16.7. The molecule has 0 aromatic heterocycles. The largest absolute Gasteiger partial charge is 0.508 e. The van der Waals surface area contributed by atoms with E-state index < -0.39 is 0 Å². The summed E-state index contributed by atoms with van der Waals surface area (Å²) in [5.41, 5.74) is 1.62. The molecule has 0 saturated heterocycles. The standard InChI is InChI=1S/C18H21NO4/c1-22-16-9-5-7-14(18(16)23-2)12-19-17(21)11-10-13-6-3-4-8-15(13)20/h3-9,20H,10-12H2,1-2H3,(H,19,21). The molecule has 2 aromatic rings. The van der Waals surface area contributed by atoms with Crippen LogP contribution in [0.1, 0.15) is 17.5 Å². The fourth-order valence-electron chi connectivity index (χ4n) is 2.35. The van der Waals surface area contributed by atoms with Crippen LogP contribution in [0.5, 0.6) is 17.2 Å². The van der Waals surface area contributed by atoms with Crippen molar-refractivity contribution in [3.8, 4) is 17.2 Å². The van der Waals surface area contributed by atoms with E-state index in [0.717, 1.165) is 11.1 Å². The molecule has 0 bridgehead atoms. The number of amides is 1. The molecule has 2 aromatic carbocycles. The molecule has 0 aliphatic carbocycles. The maximum absolute atomic E-state index is 12.0. The molecule has 5 nitrogen and oxygen atoms in total. The van der Waals surface area contributed by atoms with Crippen LogP contribution in [0.15, 0.2) is 42.5 Å². The van der Waals surface area contributed by atoms with Crippen molar-refractivity contribution in [2.24, 2.45) is 0 Å². The average Bonchev–Trinajstić information content (AvgIpc) is 2.58. The van der Waals surface area contributed by atoms with E-state index >= 15 is 0 Å². The van der Waals surface area contributed by atoms with Crippen LogP contribution in [-0.4, -0.2) is 25.2 Å². The van der Waals surface area contributed by atoms with Crippen molar-refractivity contribution in [1.29, 1.82) is 0 Å². The van der Waals surface area contributed by atoms with E-state index in [4.69, 9.17) is 9.47 Å². The van der Waals surface area contributed by atoms with E-state index in [2.05, 4.69) is 5.32 Å². The number of phenolic OH excluding ortho intramolecular Hbond substituents is 1. The number of para-hydroxylation sites is 2. The molecule has 0 fully saturated rings. The lowest BCUT2D eigenvalue weighted by atomic mass is 10.1. The van der Waals surface area contributed by atoms with Gasteiger partial charge in [-0.2, -0.15) is 0 Å². The van der Waals surface area contributed by atoms with Crippen molar-refractivity contribution in [1.82, 2.24) is 5.32 Å². The molecule has 0 heterocycles. The Kier molecular flexibility index (Phi) is 5.86. The molecule has 2 N–H and O–H groups in total. The molecular weight excluding hydrogens is 294 g/mol. The minimum Gasteiger partial charge on any atom is -0.508 e. The summed E-state index contributed by atoms with van der Waals surface area (Å²) in [5, 5.41) is 12.6. The quantitative estimate of drug-likeness (QED) is 0.824. The highest BCUT2D eigenvalue weighted by Gasteiger charge is 2.11. The van der Waals surface area contributed by atoms with Gasteiger partial charge in [-0.3, -0.25) is 4.79 Å². The van der Waals surface area contributed by atoms with Gasteiger partial charge in [-0.05, 0) is 24.1 Å². The molecule has 122 valence electrons. The van der Waals surface area contributed by atoms with Gasteiger partial charge in [-0.15, -0.1) is 0 Å². The first-order valence-corrected chi connectivity index (χ1v) is 7.39. The molecule has 5 heteroatoms. The van der Waals surface area contributed by atoms with Gasteiger partial charge in [-0.1, -0.05) is 30.3 Å². The Bertz CT molecular complexity index is 670. The molecule has 0 aliphatic rings. The summed E-state index contributed by atoms with van der Waals surface area (Å²) in [6.07, 6.45) is 0.803. The maximum Gasteiger partial charge on any atom is 0.220 e. The van der Waals surface area contributed by atoms with Crippen LogP contribution < -0.4 is 14.8 Å². The van der Waals surface area contributed by atoms with Gasteiger partial charge in [0.1, 0.15) is 5.75 Å². The summed E-state index contributed by atoms with van der Waals surface area (Å²) in [5.74, 6) is 1.39. The lowest BCUT2D eigenvalue weighted by molar-refractivity contribution is -0.121. The fourth-order valence-corrected chi connectivity index (χ4v) is 2.35. The predicted octanol–water partition coefficient (Wildman–Crippen LogP) is 2.66. The molecule has 1 amide bonds. The summed E-state index contributed by atoms with van der Waals surface area (Å²) in [4.78, 5) is 12.0. The highest BCUT2D eigenvalue weighted by Crippen LogP contribution is 2.30. The number of methoxy groups -OCH3 is 2. The number of carbonyl (C=O) groups is 1. The molecule has 0 radical (unpaired) electrons. The predicted molar refractivity (Wildman–Crippen MR) is 87.8 cm³/mol. The third kappa shape index (κ3) is 4.39. The number of phenols is 1. The number of carbonyl (C=O) groups excluding carboxylic acids is 1. The number of hydrogen-bond acceptors (Lipinski definition) is 4. The van der Waals surface area contributed by atoms with Crippen molar-refractivity contribution in [2.75, 3.05) is 14.2 Å². The minimum absolute atomic E-state index is 0.0851. The zero-order valence-corrected chi connectivity index (χ0v) is 13.3. The van der Waals surface area contributed by atoms with E-state index in [1.807, 2.05) is 30.3 Å². The van der Waals surface area contributed by atoms with Gasteiger partial charge in [0, 0.05) is 18.5 Å². The van der Waals surface area contributed by atoms with Gasteiger partial charge in [-0.25, -0.2) is 0 Å². The molecule has 0 unspecified atom stereocenters. The Morgan fingerprint density at radius 1 is 1.04 bits per heavy atom. The lowest BCUT2D eigenvalue weighted by Gasteiger charge is -2.13. The number of ether oxygens (including phenoxy) is 2. The van der Waals surface area contributed by atoms with Crippen LogP contribution in [0.25, 0.3) is 0 Å². The van der Waals surface area contributed by atoms with E-state index in [1.54, 1.807) is 26.4 Å². The second-order valence-corrected chi connectivity index (χ2v) is 5.06. The first-order valence-electron chi connectivity index (χ1n) is 7.39. The molecule has 0 saturated carbocycles. The van der Waals surface area contributed by atoms with Gasteiger partial charge in [0.25, 0.3) is 0 Å². The van der Waals surface area contributed by atoms with Crippen LogP contribution in [0.3, 0.4) is 0 Å². The van der Waals surface area contributed by atoms with E-state index in [-0.39, 0.29) is 11.7 Å². The SMILES string of the molecule is COc1cccc(CNC(=O)CCc2ccccc2O)c1OC. The second-order valence-electron chi connectivity index (χ2n) is 5.06. The van der Waals surface area contributed by atoms with Crippen LogP contribution in [0.4, 0.5) is 0 Å². The van der Waals surface area contributed by atoms with Gasteiger partial charge in [0.15, 0.2) is 11.5 Å². The summed E-state index contributed by atoms with van der Waals surface area (Å²) in [6, 6.07) is 12.6. The normalized spacial score (nSPS) is 10.2. The summed E-state index contributed by atoms with van der Waals surface area (Å²) in [7, 11) is 3.15. The van der Waals surface area contributed by atoms with Gasteiger partial charge in [0.05, 0.1) is 14.2 Å². The Morgan fingerprint density at radius 3 is 2.48 bits per heavy atom. The van der Waals surface area contributed by atoms with Crippen LogP contribution in [0, 0.1) is 0 Å². The lowest BCUT2D eigenvalue weighted by Crippen LogP contribution is -2.23. The smallest absolute Gasteiger partial charge is 0.220 e. The van der Waals surface area contributed by atoms with E-state index in [1.165, 1.54) is 0 Å². The van der Waals surface area contributed by atoms with Crippen LogP contribution in [0.2, 0.25) is 0 Å². The van der Waals surface area contributed by atoms with Gasteiger partial charge >= 0.3 is 0 Å². The number of hydrogen-bond donors (Lipinski definition) is 2. The van der Waals surface area contributed by atoms with E-state index in [9.17, 15) is 9.90 Å². The average molecular weight is 315 g/mol. The monoisotopic (exact) mass is 315 g/mol. The third-order valence-electron chi connectivity index (χ3n) is 3.57. The third-order valence-corrected chi connectivity index (χ3v) is 3.57. The molecular formula is C18H21NO4. The topological polar surface area (TPSA) is 67.8 Å². The minimum atomic E-state index is -0.0851. The number of nitrogens with one attached hydrogen (secondary N) is 1. The van der Waals surface area contributed by atoms with Crippen molar-refractivity contribution in [3.63, 3.8) is 0 Å². The highest BCUT2D eigenvalue weighted by molar-refractivity contribution is 5.76. The first-order chi connectivity index (χ1) is 11.2. The maximum atomic E-state index is 12.0. The van der Waals surface area contributed by atoms with E-state index in [0.29, 0.717) is 30.9 Å². The Hall–Kier alpha value is -2.69. The second kappa shape index (κ2) is 8.08. The molecule has 2 rings (SSSR count). The summed E-state index contributed by atoms with van der Waals surface area (Å²) < 4.78 is 10.6. The van der Waals surface area contributed by atoms with Crippen LogP contribution >= 0.6 is 0 Å². The van der Waals surface area contributed by atoms with Crippen molar-refractivity contribution in [3.05, 3.63) is 53.6 Å². The van der Waals surface area contributed by atoms with Gasteiger partial charge in [0.2, 0.25) is 5.91 Å². The fraction of sp³-hybridized carbons (Fsp3) is 0.278. The van der Waals surface area contributed by atoms with Crippen molar-refractivity contribution >= 4 is 5.91 Å². The number of aromatic hydroxyl groups is 1. The van der Waals surface area contributed by atoms with Crippen LogP contribution in [-0.2, 0) is 17.8 Å². The number of aryl methyl sites for hydroxylation is 1. The molecule has 0 atom stereocenters. The zero-order valence-electron chi connectivity index (χ0n) is 13.3. The molecule has 23 heavy (non-hydrogen) atoms. The number of benzene rings is 2. The Labute approximate surface area is 135 Å². The number of rotatable bonds is 7. The van der Waals surface area contributed by atoms with Crippen molar-refractivity contribution < 1.29 is 19.4 Å². The Balaban J connectivity index is 1.91. The first kappa shape index (κ1) is 16.7. The summed E-state index contributed by atoms with van der Waals surface area (Å²) in [6.45, 7) is 0.361. The highest BCUT2D eigenvalue weighted by atomic mass is 16.5. The molecule has 0 spiro atoms.